The first-order valence-electron chi connectivity index (χ1n) is 9.25. The maximum atomic E-state index is 11.0. The average Bonchev–Trinajstić information content (AvgIpc) is 2.66. The van der Waals surface area contributed by atoms with E-state index >= 15 is 0 Å². The van der Waals surface area contributed by atoms with Gasteiger partial charge >= 0.3 is 6.09 Å². The van der Waals surface area contributed by atoms with Crippen LogP contribution in [0.4, 0.5) is 10.5 Å². The summed E-state index contributed by atoms with van der Waals surface area (Å²) in [6.45, 7) is 8.41. The number of anilines is 1. The minimum absolute atomic E-state index is 0.340. The van der Waals surface area contributed by atoms with Gasteiger partial charge in [0.1, 0.15) is 0 Å². The predicted molar refractivity (Wildman–Crippen MR) is 106 cm³/mol. The molecule has 0 saturated carbocycles. The molecule has 6 heteroatoms. The first-order chi connectivity index (χ1) is 12.2. The summed E-state index contributed by atoms with van der Waals surface area (Å²) in [6.07, 6.45) is 2.96. The Hall–Kier alpha value is -1.40. The van der Waals surface area contributed by atoms with Crippen LogP contribution in [0.25, 0.3) is 0 Å². The number of hydrogen-bond acceptors (Lipinski definition) is 5. The highest BCUT2D eigenvalue weighted by atomic mass is 32.2. The molecule has 1 N–H and O–H groups in total. The SMILES string of the molecule is CCCSc1ccccc1N1CCN(CCCCNC(=O)OC)CC1. The van der Waals surface area contributed by atoms with Gasteiger partial charge in [-0.1, -0.05) is 19.1 Å². The van der Waals surface area contributed by atoms with Gasteiger partial charge in [0.05, 0.1) is 12.8 Å². The Labute approximate surface area is 156 Å². The Bertz CT molecular complexity index is 519. The average molecular weight is 366 g/mol. The summed E-state index contributed by atoms with van der Waals surface area (Å²) in [5, 5.41) is 2.73. The summed E-state index contributed by atoms with van der Waals surface area (Å²) < 4.78 is 4.57. The van der Waals surface area contributed by atoms with Crippen molar-refractivity contribution in [1.29, 1.82) is 0 Å². The largest absolute Gasteiger partial charge is 0.453 e. The maximum Gasteiger partial charge on any atom is 0.406 e. The van der Waals surface area contributed by atoms with E-state index in [4.69, 9.17) is 0 Å². The molecule has 1 saturated heterocycles. The summed E-state index contributed by atoms with van der Waals surface area (Å²) in [6, 6.07) is 8.79. The molecule has 1 fully saturated rings. The van der Waals surface area contributed by atoms with Gasteiger partial charge in [-0.15, -0.1) is 11.8 Å². The molecule has 1 aromatic carbocycles. The van der Waals surface area contributed by atoms with Crippen molar-refractivity contribution in [2.75, 3.05) is 57.0 Å². The van der Waals surface area contributed by atoms with Gasteiger partial charge in [0.25, 0.3) is 0 Å². The number of thioether (sulfide) groups is 1. The van der Waals surface area contributed by atoms with Crippen LogP contribution in [0.15, 0.2) is 29.2 Å². The van der Waals surface area contributed by atoms with E-state index in [0.717, 1.165) is 45.6 Å². The van der Waals surface area contributed by atoms with Gasteiger partial charge in [-0.3, -0.25) is 4.90 Å². The number of alkyl carbamates (subject to hydrolysis) is 1. The number of carbonyl (C=O) groups excluding carboxylic acids is 1. The number of unbranched alkanes of at least 4 members (excludes halogenated alkanes) is 1. The summed E-state index contributed by atoms with van der Waals surface area (Å²) in [7, 11) is 1.40. The number of para-hydroxylation sites is 1. The second kappa shape index (κ2) is 11.3. The molecule has 1 heterocycles. The van der Waals surface area contributed by atoms with Crippen LogP contribution in [0.5, 0.6) is 0 Å². The first kappa shape index (κ1) is 19.9. The van der Waals surface area contributed by atoms with Crippen LogP contribution in [-0.2, 0) is 4.74 Å². The van der Waals surface area contributed by atoms with Crippen LogP contribution in [0.3, 0.4) is 0 Å². The number of nitrogens with zero attached hydrogens (tertiary/aromatic N) is 2. The summed E-state index contributed by atoms with van der Waals surface area (Å²) >= 11 is 1.96. The molecular formula is C19H31N3O2S. The molecule has 1 aliphatic heterocycles. The molecule has 0 atom stereocenters. The fraction of sp³-hybridized carbons (Fsp3) is 0.632. The minimum Gasteiger partial charge on any atom is -0.453 e. The zero-order chi connectivity index (χ0) is 17.9. The van der Waals surface area contributed by atoms with Crippen molar-refractivity contribution in [3.63, 3.8) is 0 Å². The molecule has 0 aromatic heterocycles. The zero-order valence-electron chi connectivity index (χ0n) is 15.5. The third-order valence-electron chi connectivity index (χ3n) is 4.40. The summed E-state index contributed by atoms with van der Waals surface area (Å²) in [5.41, 5.74) is 1.39. The number of nitrogens with one attached hydrogen (secondary N) is 1. The van der Waals surface area contributed by atoms with E-state index in [1.54, 1.807) is 0 Å². The number of amides is 1. The molecule has 1 aliphatic rings. The van der Waals surface area contributed by atoms with Crippen molar-refractivity contribution >= 4 is 23.5 Å². The second-order valence-electron chi connectivity index (χ2n) is 6.27. The van der Waals surface area contributed by atoms with Gasteiger partial charge in [-0.2, -0.15) is 0 Å². The topological polar surface area (TPSA) is 44.8 Å². The van der Waals surface area contributed by atoms with Gasteiger partial charge < -0.3 is 15.0 Å². The van der Waals surface area contributed by atoms with Crippen LogP contribution in [-0.4, -0.2) is 63.1 Å². The standard InChI is InChI=1S/C19H31N3O2S/c1-3-16-25-18-9-5-4-8-17(18)22-14-12-21(13-15-22)11-7-6-10-20-19(23)24-2/h4-5,8-9H,3,6-7,10-16H2,1-2H3,(H,20,23). The van der Waals surface area contributed by atoms with Crippen LogP contribution in [0, 0.1) is 0 Å². The van der Waals surface area contributed by atoms with Crippen LogP contribution in [0.2, 0.25) is 0 Å². The third kappa shape index (κ3) is 6.78. The molecule has 25 heavy (non-hydrogen) atoms. The zero-order valence-corrected chi connectivity index (χ0v) is 16.3. The highest BCUT2D eigenvalue weighted by molar-refractivity contribution is 7.99. The number of carbonyl (C=O) groups is 1. The van der Waals surface area contributed by atoms with E-state index in [2.05, 4.69) is 51.0 Å². The lowest BCUT2D eigenvalue weighted by Crippen LogP contribution is -2.46. The molecule has 5 nitrogen and oxygen atoms in total. The lowest BCUT2D eigenvalue weighted by molar-refractivity contribution is 0.170. The Balaban J connectivity index is 1.70. The molecule has 0 bridgehead atoms. The number of methoxy groups -OCH3 is 1. The molecule has 2 rings (SSSR count). The monoisotopic (exact) mass is 365 g/mol. The van der Waals surface area contributed by atoms with Crippen molar-refractivity contribution in [3.8, 4) is 0 Å². The highest BCUT2D eigenvalue weighted by Gasteiger charge is 2.18. The fourth-order valence-electron chi connectivity index (χ4n) is 2.99. The Morgan fingerprint density at radius 3 is 2.68 bits per heavy atom. The van der Waals surface area contributed by atoms with Gasteiger partial charge in [-0.25, -0.2) is 4.79 Å². The maximum absolute atomic E-state index is 11.0. The second-order valence-corrected chi connectivity index (χ2v) is 7.41. The van der Waals surface area contributed by atoms with E-state index < -0.39 is 0 Å². The Morgan fingerprint density at radius 2 is 1.96 bits per heavy atom. The molecule has 140 valence electrons. The number of benzene rings is 1. The van der Waals surface area contributed by atoms with E-state index in [-0.39, 0.29) is 6.09 Å². The molecule has 0 radical (unpaired) electrons. The van der Waals surface area contributed by atoms with E-state index in [1.807, 2.05) is 11.8 Å². The smallest absolute Gasteiger partial charge is 0.406 e. The number of hydrogen-bond donors (Lipinski definition) is 1. The molecule has 0 spiro atoms. The van der Waals surface area contributed by atoms with Crippen LogP contribution < -0.4 is 10.2 Å². The normalized spacial score (nSPS) is 15.2. The number of piperazine rings is 1. The summed E-state index contributed by atoms with van der Waals surface area (Å²) in [5.74, 6) is 1.18. The quantitative estimate of drug-likeness (QED) is 0.536. The number of ether oxygens (including phenoxy) is 1. The molecule has 0 unspecified atom stereocenters. The van der Waals surface area contributed by atoms with Crippen molar-refractivity contribution in [3.05, 3.63) is 24.3 Å². The minimum atomic E-state index is -0.340. The van der Waals surface area contributed by atoms with Crippen molar-refractivity contribution < 1.29 is 9.53 Å². The van der Waals surface area contributed by atoms with Gasteiger partial charge in [0.2, 0.25) is 0 Å². The lowest BCUT2D eigenvalue weighted by Gasteiger charge is -2.37. The van der Waals surface area contributed by atoms with Gasteiger partial charge in [0.15, 0.2) is 0 Å². The first-order valence-corrected chi connectivity index (χ1v) is 10.2. The van der Waals surface area contributed by atoms with Crippen LogP contribution in [0.1, 0.15) is 26.2 Å². The lowest BCUT2D eigenvalue weighted by atomic mass is 10.2. The van der Waals surface area contributed by atoms with Crippen LogP contribution >= 0.6 is 11.8 Å². The molecule has 0 aliphatic carbocycles. The van der Waals surface area contributed by atoms with E-state index in [1.165, 1.54) is 29.9 Å². The fourth-order valence-corrected chi connectivity index (χ4v) is 3.93. The predicted octanol–water partition coefficient (Wildman–Crippen LogP) is 3.45. The Morgan fingerprint density at radius 1 is 1.20 bits per heavy atom. The molecular weight excluding hydrogens is 334 g/mol. The van der Waals surface area contributed by atoms with Crippen molar-refractivity contribution in [2.45, 2.75) is 31.1 Å². The molecule has 1 aromatic rings. The van der Waals surface area contributed by atoms with Crippen molar-refractivity contribution in [2.24, 2.45) is 0 Å². The summed E-state index contributed by atoms with van der Waals surface area (Å²) in [4.78, 5) is 17.4. The Kier molecular flexibility index (Phi) is 8.97. The van der Waals surface area contributed by atoms with E-state index in [0.29, 0.717) is 6.54 Å². The molecule has 1 amide bonds. The highest BCUT2D eigenvalue weighted by Crippen LogP contribution is 2.31. The van der Waals surface area contributed by atoms with Gasteiger partial charge in [-0.05, 0) is 43.7 Å². The van der Waals surface area contributed by atoms with Crippen molar-refractivity contribution in [1.82, 2.24) is 10.2 Å². The third-order valence-corrected chi connectivity index (χ3v) is 5.66. The number of rotatable bonds is 9. The van der Waals surface area contributed by atoms with E-state index in [9.17, 15) is 4.79 Å². The van der Waals surface area contributed by atoms with Gasteiger partial charge in [0, 0.05) is 37.6 Å².